The lowest BCUT2D eigenvalue weighted by Crippen LogP contribution is -2.20. The second kappa shape index (κ2) is 12.7. The van der Waals surface area contributed by atoms with Crippen molar-refractivity contribution in [3.05, 3.63) is 81.2 Å². The van der Waals surface area contributed by atoms with Crippen LogP contribution in [0.5, 0.6) is 23.3 Å². The highest BCUT2D eigenvalue weighted by molar-refractivity contribution is 6.04. The van der Waals surface area contributed by atoms with Crippen LogP contribution in [-0.4, -0.2) is 35.4 Å². The minimum absolute atomic E-state index is 0.0923. The highest BCUT2D eigenvalue weighted by Gasteiger charge is 2.40. The number of nitrogens with zero attached hydrogens (tertiary/aromatic N) is 6. The van der Waals surface area contributed by atoms with Gasteiger partial charge in [-0.2, -0.15) is 21.0 Å². The molecule has 0 aliphatic heterocycles. The number of hydrogen-bond acceptors (Lipinski definition) is 10. The van der Waals surface area contributed by atoms with Gasteiger partial charge in [0.15, 0.2) is 0 Å². The van der Waals surface area contributed by atoms with E-state index < -0.39 is 105 Å². The normalized spacial score (nSPS) is 14.4. The zero-order valence-electron chi connectivity index (χ0n) is 23.3. The van der Waals surface area contributed by atoms with Gasteiger partial charge >= 0.3 is 25.4 Å². The van der Waals surface area contributed by atoms with Crippen LogP contribution < -0.4 is 18.9 Å². The fraction of sp³-hybridized carbons (Fsp3) is 0.143. The number of aromatic nitrogens is 2. The number of rotatable bonds is 6. The molecule has 2 aliphatic carbocycles. The summed E-state index contributed by atoms with van der Waals surface area (Å²) < 4.78 is 171. The van der Waals surface area contributed by atoms with Gasteiger partial charge in [-0.3, -0.25) is 0 Å². The van der Waals surface area contributed by atoms with Crippen molar-refractivity contribution in [2.45, 2.75) is 25.4 Å². The predicted molar refractivity (Wildman–Crippen MR) is 135 cm³/mol. The Hall–Kier alpha value is -6.68. The van der Waals surface area contributed by atoms with E-state index in [2.05, 4.69) is 28.9 Å². The fourth-order valence-electron chi connectivity index (χ4n) is 4.47. The van der Waals surface area contributed by atoms with Crippen LogP contribution in [-0.2, 0) is 0 Å². The molecule has 0 fully saturated rings. The molecule has 0 N–H and O–H groups in total. The lowest BCUT2D eigenvalue weighted by Gasteiger charge is -2.16. The van der Waals surface area contributed by atoms with E-state index in [1.165, 1.54) is 24.3 Å². The third kappa shape index (κ3) is 8.42. The van der Waals surface area contributed by atoms with Gasteiger partial charge in [-0.1, -0.05) is 0 Å². The van der Waals surface area contributed by atoms with Crippen molar-refractivity contribution in [1.29, 1.82) is 21.0 Å². The fourth-order valence-corrected chi connectivity index (χ4v) is 4.47. The maximum atomic E-state index is 13.0. The quantitative estimate of drug-likeness (QED) is 0.216. The molecule has 2 aromatic rings. The highest BCUT2D eigenvalue weighted by atomic mass is 19.4. The molecule has 0 atom stereocenters. The Balaban J connectivity index is 2.02. The molecule has 0 radical (unpaired) electrons. The Kier molecular flexibility index (Phi) is 9.21. The smallest absolute Gasteiger partial charge is 0.406 e. The van der Waals surface area contributed by atoms with Crippen molar-refractivity contribution in [2.24, 2.45) is 0 Å². The molecule has 256 valence electrons. The third-order valence-corrected chi connectivity index (χ3v) is 5.90. The molecule has 0 saturated carbocycles. The molecular formula is C28H6F12N6O4. The first-order valence-electron chi connectivity index (χ1n) is 12.4. The van der Waals surface area contributed by atoms with Crippen molar-refractivity contribution in [3.8, 4) is 47.5 Å². The van der Waals surface area contributed by atoms with Gasteiger partial charge < -0.3 is 18.9 Å². The third-order valence-electron chi connectivity index (χ3n) is 5.90. The SMILES string of the molecule is N#CC(C#N)=C1C(c2cc(OC(F)(F)F)cc(OC(F)(F)F)n2)=CC2=C1C=C(c1cc(OC(F)(F)F)cc(OC(F)(F)F)n1)C2=C(C#N)C#N. The Morgan fingerprint density at radius 2 is 0.780 bits per heavy atom. The summed E-state index contributed by atoms with van der Waals surface area (Å²) in [6, 6.07) is 6.70. The molecule has 0 spiro atoms. The average molecular weight is 718 g/mol. The average Bonchev–Trinajstić information content (AvgIpc) is 3.48. The van der Waals surface area contributed by atoms with Gasteiger partial charge in [-0.25, -0.2) is 9.97 Å². The molecule has 0 aromatic carbocycles. The summed E-state index contributed by atoms with van der Waals surface area (Å²) in [4.78, 5) is 6.95. The number of alkyl halides is 12. The Morgan fingerprint density at radius 3 is 1.04 bits per heavy atom. The van der Waals surface area contributed by atoms with Crippen LogP contribution in [0.4, 0.5) is 52.7 Å². The van der Waals surface area contributed by atoms with E-state index in [-0.39, 0.29) is 12.1 Å². The first-order valence-corrected chi connectivity index (χ1v) is 12.4. The Morgan fingerprint density at radius 1 is 0.480 bits per heavy atom. The highest BCUT2D eigenvalue weighted by Crippen LogP contribution is 2.52. The molecule has 4 rings (SSSR count). The van der Waals surface area contributed by atoms with Crippen molar-refractivity contribution in [1.82, 2.24) is 9.97 Å². The van der Waals surface area contributed by atoms with Crippen LogP contribution in [0, 0.1) is 45.3 Å². The van der Waals surface area contributed by atoms with E-state index in [1.54, 1.807) is 0 Å². The van der Waals surface area contributed by atoms with Crippen LogP contribution >= 0.6 is 0 Å². The summed E-state index contributed by atoms with van der Waals surface area (Å²) in [6.07, 6.45) is -20.4. The van der Waals surface area contributed by atoms with Crippen LogP contribution in [0.25, 0.3) is 11.1 Å². The number of pyridine rings is 2. The molecule has 2 heterocycles. The van der Waals surface area contributed by atoms with Crippen LogP contribution in [0.1, 0.15) is 11.4 Å². The van der Waals surface area contributed by atoms with Crippen molar-refractivity contribution in [2.75, 3.05) is 0 Å². The lowest BCUT2D eigenvalue weighted by molar-refractivity contribution is -0.279. The van der Waals surface area contributed by atoms with E-state index in [4.69, 9.17) is 0 Å². The molecule has 50 heavy (non-hydrogen) atoms. The van der Waals surface area contributed by atoms with Gasteiger partial charge in [0.05, 0.1) is 11.4 Å². The van der Waals surface area contributed by atoms with Crippen molar-refractivity contribution in [3.63, 3.8) is 0 Å². The first-order chi connectivity index (χ1) is 23.0. The summed E-state index contributed by atoms with van der Waals surface area (Å²) in [5.74, 6) is -5.73. The van der Waals surface area contributed by atoms with E-state index in [9.17, 15) is 73.7 Å². The van der Waals surface area contributed by atoms with Crippen molar-refractivity contribution >= 4 is 11.1 Å². The molecule has 10 nitrogen and oxygen atoms in total. The standard InChI is InChI=1S/C28H6F12N6O4/c29-25(30,31)47-13-1-19(45-21(3-13)49-27(35,36)37)17-5-15-16(23(17)11(7-41)8-42)6-18(24(15)12(9-43)10-44)20-2-14(48-26(32,33)34)4-22(46-20)50-28(38,39)40/h1-6H. The summed E-state index contributed by atoms with van der Waals surface area (Å²) in [5.41, 5.74) is -6.87. The lowest BCUT2D eigenvalue weighted by atomic mass is 9.93. The second-order valence-electron chi connectivity index (χ2n) is 9.13. The second-order valence-corrected chi connectivity index (χ2v) is 9.13. The summed E-state index contributed by atoms with van der Waals surface area (Å²) in [7, 11) is 0. The topological polar surface area (TPSA) is 158 Å². The number of hydrogen-bond donors (Lipinski definition) is 0. The Bertz CT molecular complexity index is 1860. The largest absolute Gasteiger partial charge is 0.574 e. The number of nitriles is 4. The molecule has 0 saturated heterocycles. The van der Waals surface area contributed by atoms with Crippen LogP contribution in [0.3, 0.4) is 0 Å². The van der Waals surface area contributed by atoms with E-state index in [0.717, 1.165) is 12.2 Å². The monoisotopic (exact) mass is 718 g/mol. The summed E-state index contributed by atoms with van der Waals surface area (Å²) in [5, 5.41) is 38.7. The Labute approximate surface area is 268 Å². The first kappa shape index (κ1) is 36.2. The van der Waals surface area contributed by atoms with E-state index in [0.29, 0.717) is 12.1 Å². The van der Waals surface area contributed by atoms with E-state index in [1.807, 2.05) is 0 Å². The van der Waals surface area contributed by atoms with Crippen LogP contribution in [0.2, 0.25) is 0 Å². The molecule has 22 heteroatoms. The minimum Gasteiger partial charge on any atom is -0.406 e. The predicted octanol–water partition coefficient (Wildman–Crippen LogP) is 7.55. The number of halogens is 12. The molecule has 0 amide bonds. The zero-order chi connectivity index (χ0) is 37.4. The molecule has 2 aliphatic rings. The van der Waals surface area contributed by atoms with Gasteiger partial charge in [0, 0.05) is 46.6 Å². The van der Waals surface area contributed by atoms with Gasteiger partial charge in [0.25, 0.3) is 0 Å². The minimum atomic E-state index is -5.51. The molecule has 2 aromatic heterocycles. The van der Waals surface area contributed by atoms with Gasteiger partial charge in [-0.05, 0) is 23.3 Å². The maximum absolute atomic E-state index is 13.0. The maximum Gasteiger partial charge on any atom is 0.574 e. The molecule has 0 bridgehead atoms. The zero-order valence-corrected chi connectivity index (χ0v) is 23.3. The molecular weight excluding hydrogens is 712 g/mol. The molecule has 0 unspecified atom stereocenters. The van der Waals surface area contributed by atoms with Crippen LogP contribution in [0.15, 0.2) is 69.9 Å². The number of allylic oxidation sites excluding steroid dienone is 10. The van der Waals surface area contributed by atoms with Gasteiger partial charge in [0.2, 0.25) is 11.8 Å². The van der Waals surface area contributed by atoms with Gasteiger partial charge in [-0.15, -0.1) is 52.7 Å². The van der Waals surface area contributed by atoms with Gasteiger partial charge in [0.1, 0.15) is 46.9 Å². The summed E-state index contributed by atoms with van der Waals surface area (Å²) >= 11 is 0. The summed E-state index contributed by atoms with van der Waals surface area (Å²) in [6.45, 7) is 0. The van der Waals surface area contributed by atoms with Crippen molar-refractivity contribution < 1.29 is 71.6 Å². The number of ether oxygens (including phenoxy) is 4. The van der Waals surface area contributed by atoms with E-state index >= 15 is 0 Å².